The number of carboxylic acids is 1. The predicted octanol–water partition coefficient (Wildman–Crippen LogP) is -1.90. The number of nitrogens with one attached hydrogen (secondary N) is 1. The molecule has 2 aliphatic heterocycles. The maximum Gasteiger partial charge on any atom is 0.400 e. The van der Waals surface area contributed by atoms with Gasteiger partial charge in [0.15, 0.2) is 0 Å². The van der Waals surface area contributed by atoms with Gasteiger partial charge < -0.3 is 10.4 Å². The third-order valence-electron chi connectivity index (χ3n) is 4.50. The molecule has 1 saturated heterocycles. The van der Waals surface area contributed by atoms with Gasteiger partial charge in [0, 0.05) is 21.8 Å². The van der Waals surface area contributed by atoms with Gasteiger partial charge >= 0.3 is 12.1 Å². The number of primary sulfonamides is 1. The zero-order chi connectivity index (χ0) is 26.8. The molecule has 200 valence electrons. The molecule has 3 heterocycles. The van der Waals surface area contributed by atoms with Gasteiger partial charge in [-0.1, -0.05) is 11.8 Å². The molecule has 0 spiro atoms. The van der Waals surface area contributed by atoms with Gasteiger partial charge in [-0.15, -0.1) is 22.0 Å². The Morgan fingerprint density at radius 3 is 2.67 bits per heavy atom. The second-order valence-electron chi connectivity index (χ2n) is 7.37. The molecule has 0 aliphatic carbocycles. The highest BCUT2D eigenvalue weighted by molar-refractivity contribution is 8.03. The van der Waals surface area contributed by atoms with Crippen molar-refractivity contribution >= 4 is 62.1 Å². The van der Waals surface area contributed by atoms with Crippen molar-refractivity contribution in [2.45, 2.75) is 34.5 Å². The van der Waals surface area contributed by atoms with Crippen LogP contribution in [0.15, 0.2) is 16.9 Å². The van der Waals surface area contributed by atoms with Gasteiger partial charge in [0.05, 0.1) is 12.3 Å². The topological polar surface area (TPSA) is 208 Å². The maximum atomic E-state index is 12.4. The lowest BCUT2D eigenvalue weighted by atomic mass is 10.0. The molecule has 0 saturated carbocycles. The van der Waals surface area contributed by atoms with E-state index in [2.05, 4.69) is 20.7 Å². The Hall–Kier alpha value is -2.23. The Morgan fingerprint density at radius 2 is 2.06 bits per heavy atom. The van der Waals surface area contributed by atoms with Crippen LogP contribution in [-0.2, 0) is 41.8 Å². The molecule has 0 aromatic carbocycles. The fraction of sp³-hybridized carbons (Fsp3) is 0.600. The van der Waals surface area contributed by atoms with Gasteiger partial charge in [-0.25, -0.2) is 18.4 Å². The third-order valence-corrected chi connectivity index (χ3v) is 9.06. The predicted molar refractivity (Wildman–Crippen MR) is 120 cm³/mol. The fourth-order valence-electron chi connectivity index (χ4n) is 3.07. The minimum Gasteiger partial charge on any atom is -0.477 e. The number of thioether (sulfide) groups is 2. The van der Waals surface area contributed by atoms with Gasteiger partial charge in [-0.05, 0) is 11.3 Å². The normalized spacial score (nSPS) is 22.9. The van der Waals surface area contributed by atoms with Gasteiger partial charge in [0.25, 0.3) is 5.91 Å². The van der Waals surface area contributed by atoms with Crippen LogP contribution < -0.4 is 10.5 Å². The van der Waals surface area contributed by atoms with E-state index in [0.29, 0.717) is 0 Å². The van der Waals surface area contributed by atoms with Crippen LogP contribution in [0.5, 0.6) is 0 Å². The molecule has 2 amide bonds. The first kappa shape index (κ1) is 28.3. The molecule has 4 atom stereocenters. The van der Waals surface area contributed by atoms with Crippen LogP contribution in [0.4, 0.5) is 13.2 Å². The zero-order valence-corrected chi connectivity index (χ0v) is 21.1. The molecule has 1 aromatic heterocycles. The molecule has 3 rings (SSSR count). The number of rotatable bonds is 11. The number of sulfonamides is 1. The van der Waals surface area contributed by atoms with Gasteiger partial charge in [0.2, 0.25) is 21.1 Å². The molecule has 14 nitrogen and oxygen atoms in total. The smallest absolute Gasteiger partial charge is 0.400 e. The average molecular weight is 594 g/mol. The quantitative estimate of drug-likeness (QED) is 0.190. The Bertz CT molecular complexity index is 1210. The summed E-state index contributed by atoms with van der Waals surface area (Å²) >= 11 is 2.19. The Balaban J connectivity index is 1.61. The minimum absolute atomic E-state index is 0.123. The summed E-state index contributed by atoms with van der Waals surface area (Å²) in [6, 6.07) is -1.21. The molecule has 21 heteroatoms. The molecule has 36 heavy (non-hydrogen) atoms. The van der Waals surface area contributed by atoms with E-state index < -0.39 is 78.7 Å². The lowest BCUT2D eigenvalue weighted by Crippen LogP contribution is -2.71. The number of carboxylic acid groups (broad SMARTS) is 1. The monoisotopic (exact) mass is 593 g/mol. The number of tetrazole rings is 1. The number of aryl methyl sites for hydroxylation is 1. The average Bonchev–Trinajstić information content (AvgIpc) is 3.19. The number of halogens is 3. The van der Waals surface area contributed by atoms with Gasteiger partial charge in [-0.3, -0.25) is 18.7 Å². The summed E-state index contributed by atoms with van der Waals surface area (Å²) < 4.78 is 70.6. The lowest BCUT2D eigenvalue weighted by Gasteiger charge is -2.49. The number of carbonyl (C=O) groups is 3. The molecule has 2 aliphatic rings. The number of fused-ring (bicyclic) bond motifs is 1. The molecule has 4 N–H and O–H groups in total. The SMILES string of the molecule is NS(=O)(=O)CCn1nnc(SCC2C=C(C(=O)O)N3C(=O)C(NC(=O)CS(=O)CC(F)(F)F)[C@H]3S2)n1. The Kier molecular flexibility index (Phi) is 8.68. The first-order valence-electron chi connectivity index (χ1n) is 9.69. The van der Waals surface area contributed by atoms with Crippen molar-refractivity contribution in [2.75, 3.05) is 23.0 Å². The van der Waals surface area contributed by atoms with E-state index in [1.54, 1.807) is 0 Å². The summed E-state index contributed by atoms with van der Waals surface area (Å²) in [5.41, 5.74) is -0.328. The van der Waals surface area contributed by atoms with E-state index in [1.165, 1.54) is 6.08 Å². The van der Waals surface area contributed by atoms with Crippen molar-refractivity contribution in [1.29, 1.82) is 0 Å². The molecular formula is C15H18F3N7O7S4. The number of aliphatic carboxylic acids is 1. The standard InChI is InChI=1S/C15H18F3N7O7S4/c16-15(17,18)6-35(30)5-9(26)20-10-11(27)25-8(13(28)29)3-7(34-12(10)25)4-33-14-21-23-24(22-14)1-2-36(19,31)32/h3,7,10,12H,1-2,4-6H2,(H,20,26)(H,28,29)(H2,19,31,32)/t7?,10?,12-,35?/m1/s1. The second kappa shape index (κ2) is 11.0. The Labute approximate surface area is 212 Å². The summed E-state index contributed by atoms with van der Waals surface area (Å²) in [6.45, 7) is -0.123. The van der Waals surface area contributed by atoms with Crippen molar-refractivity contribution in [1.82, 2.24) is 30.4 Å². The minimum atomic E-state index is -4.72. The van der Waals surface area contributed by atoms with Crippen molar-refractivity contribution in [3.8, 4) is 0 Å². The van der Waals surface area contributed by atoms with Crippen LogP contribution in [0.25, 0.3) is 0 Å². The van der Waals surface area contributed by atoms with Crippen LogP contribution in [0.3, 0.4) is 0 Å². The van der Waals surface area contributed by atoms with E-state index >= 15 is 0 Å². The van der Waals surface area contributed by atoms with E-state index in [1.807, 2.05) is 0 Å². The highest BCUT2D eigenvalue weighted by Gasteiger charge is 2.54. The van der Waals surface area contributed by atoms with Gasteiger partial charge in [-0.2, -0.15) is 18.0 Å². The highest BCUT2D eigenvalue weighted by atomic mass is 32.2. The van der Waals surface area contributed by atoms with Crippen LogP contribution in [0.1, 0.15) is 0 Å². The van der Waals surface area contributed by atoms with Crippen LogP contribution in [0.2, 0.25) is 0 Å². The number of β-lactam (4-membered cyclic amide) rings is 1. The first-order valence-corrected chi connectivity index (χ1v) is 14.8. The van der Waals surface area contributed by atoms with E-state index in [4.69, 9.17) is 5.14 Å². The van der Waals surface area contributed by atoms with E-state index in [9.17, 15) is 45.3 Å². The first-order chi connectivity index (χ1) is 16.6. The largest absolute Gasteiger partial charge is 0.477 e. The van der Waals surface area contributed by atoms with Crippen LogP contribution >= 0.6 is 23.5 Å². The van der Waals surface area contributed by atoms with Crippen molar-refractivity contribution in [3.63, 3.8) is 0 Å². The Morgan fingerprint density at radius 1 is 1.36 bits per heavy atom. The number of alkyl halides is 3. The lowest BCUT2D eigenvalue weighted by molar-refractivity contribution is -0.150. The van der Waals surface area contributed by atoms with Crippen molar-refractivity contribution < 1.29 is 45.3 Å². The number of nitrogens with two attached hydrogens (primary N) is 1. The molecule has 1 fully saturated rings. The molecule has 0 bridgehead atoms. The number of hydrogen-bond acceptors (Lipinski definition) is 11. The third kappa shape index (κ3) is 7.63. The second-order valence-corrected chi connectivity index (χ2v) is 12.9. The summed E-state index contributed by atoms with van der Waals surface area (Å²) in [4.78, 5) is 38.1. The van der Waals surface area contributed by atoms with Crippen LogP contribution in [0, 0.1) is 0 Å². The molecule has 1 aromatic rings. The van der Waals surface area contributed by atoms with E-state index in [-0.39, 0.29) is 23.2 Å². The number of carbonyl (C=O) groups excluding carboxylic acids is 2. The molecule has 0 radical (unpaired) electrons. The zero-order valence-electron chi connectivity index (χ0n) is 17.8. The molecule has 3 unspecified atom stereocenters. The number of nitrogens with zero attached hydrogens (tertiary/aromatic N) is 5. The summed E-state index contributed by atoms with van der Waals surface area (Å²) in [5.74, 6) is -6.03. The van der Waals surface area contributed by atoms with Crippen LogP contribution in [-0.4, -0.2) is 106 Å². The van der Waals surface area contributed by atoms with Gasteiger partial charge in [0.1, 0.15) is 28.6 Å². The maximum absolute atomic E-state index is 12.4. The summed E-state index contributed by atoms with van der Waals surface area (Å²) in [6.07, 6.45) is -3.39. The number of amides is 2. The number of aromatic nitrogens is 4. The van der Waals surface area contributed by atoms with Crippen molar-refractivity contribution in [2.24, 2.45) is 5.14 Å². The highest BCUT2D eigenvalue weighted by Crippen LogP contribution is 2.42. The van der Waals surface area contributed by atoms with E-state index in [0.717, 1.165) is 33.2 Å². The summed E-state index contributed by atoms with van der Waals surface area (Å²) in [7, 11) is -6.25. The van der Waals surface area contributed by atoms with Crippen molar-refractivity contribution in [3.05, 3.63) is 11.8 Å². The summed E-state index contributed by atoms with van der Waals surface area (Å²) in [5, 5.41) is 26.9. The number of hydrogen-bond donors (Lipinski definition) is 3. The molecular weight excluding hydrogens is 575 g/mol. The fourth-order valence-corrected chi connectivity index (χ4v) is 6.75.